The number of benzene rings is 3. The van der Waals surface area contributed by atoms with E-state index in [0.717, 1.165) is 11.0 Å². The van der Waals surface area contributed by atoms with Crippen LogP contribution in [0.3, 0.4) is 0 Å². The van der Waals surface area contributed by atoms with Crippen molar-refractivity contribution in [2.24, 2.45) is 17.8 Å². The molecule has 1 N–H and O–H groups in total. The van der Waals surface area contributed by atoms with Crippen molar-refractivity contribution < 1.29 is 14.5 Å². The van der Waals surface area contributed by atoms with Crippen LogP contribution in [-0.2, 0) is 15.1 Å². The number of carbonyl (C=O) groups excluding carboxylic acids is 2. The maximum atomic E-state index is 14.4. The van der Waals surface area contributed by atoms with Gasteiger partial charge in [-0.1, -0.05) is 55.8 Å². The molecule has 4 aromatic rings. The molecule has 0 radical (unpaired) electrons. The summed E-state index contributed by atoms with van der Waals surface area (Å²) >= 11 is 6.02. The molecule has 40 heavy (non-hydrogen) atoms. The number of aromatic nitrogens is 2. The van der Waals surface area contributed by atoms with Crippen LogP contribution in [0.15, 0.2) is 71.5 Å². The first-order chi connectivity index (χ1) is 19.2. The first kappa shape index (κ1) is 24.6. The highest BCUT2D eigenvalue weighted by Crippen LogP contribution is 2.56. The fraction of sp³-hybridized carbons (Fsp3) is 0.241. The fourth-order valence-corrected chi connectivity index (χ4v) is 6.95. The van der Waals surface area contributed by atoms with Crippen molar-refractivity contribution in [3.8, 4) is 5.69 Å². The molecule has 0 saturated carbocycles. The molecule has 7 rings (SSSR count). The molecule has 0 bridgehead atoms. The molecule has 0 aliphatic carbocycles. The Morgan fingerprint density at radius 2 is 1.75 bits per heavy atom. The number of hydrogen-bond donors (Lipinski definition) is 1. The molecule has 1 aromatic heterocycles. The predicted molar refractivity (Wildman–Crippen MR) is 147 cm³/mol. The molecule has 1 spiro atoms. The second kappa shape index (κ2) is 8.30. The van der Waals surface area contributed by atoms with Crippen molar-refractivity contribution in [3.63, 3.8) is 0 Å². The number of amides is 2. The summed E-state index contributed by atoms with van der Waals surface area (Å²) in [6.45, 7) is 3.92. The summed E-state index contributed by atoms with van der Waals surface area (Å²) in [6.07, 6.45) is 0. The smallest absolute Gasteiger partial charge is 0.289 e. The highest BCUT2D eigenvalue weighted by atomic mass is 35.5. The maximum Gasteiger partial charge on any atom is 0.289 e. The van der Waals surface area contributed by atoms with Crippen LogP contribution in [0.1, 0.15) is 25.2 Å². The summed E-state index contributed by atoms with van der Waals surface area (Å²) in [7, 11) is 0. The van der Waals surface area contributed by atoms with E-state index in [1.54, 1.807) is 24.3 Å². The van der Waals surface area contributed by atoms with Crippen molar-refractivity contribution >= 4 is 45.7 Å². The van der Waals surface area contributed by atoms with Crippen molar-refractivity contribution in [1.29, 1.82) is 0 Å². The lowest BCUT2D eigenvalue weighted by atomic mass is 9.75. The standard InChI is InChI=1S/C29H22ClN5O5/c1-14(2)24-22-23(27(38)33(26(22)37)15-11-12-18(30)21(13-15)35(39)40)29(32-24)17-8-4-6-10-20(17)34-25(36)16-7-3-5-9-19(16)31-28(29)34/h3-14,22-24,32H,1-2H3. The first-order valence-electron chi connectivity index (χ1n) is 12.9. The van der Waals surface area contributed by atoms with E-state index in [4.69, 9.17) is 16.6 Å². The average Bonchev–Trinajstić information content (AvgIpc) is 3.53. The third-order valence-corrected chi connectivity index (χ3v) is 8.72. The summed E-state index contributed by atoms with van der Waals surface area (Å²) in [4.78, 5) is 59.3. The molecular formula is C29H22ClN5O5. The zero-order chi connectivity index (χ0) is 28.1. The number of nitro benzene ring substituents is 1. The van der Waals surface area contributed by atoms with Crippen LogP contribution < -0.4 is 15.8 Å². The van der Waals surface area contributed by atoms with Gasteiger partial charge in [-0.3, -0.25) is 34.4 Å². The van der Waals surface area contributed by atoms with Gasteiger partial charge in [0.2, 0.25) is 11.8 Å². The van der Waals surface area contributed by atoms with Gasteiger partial charge in [-0.15, -0.1) is 0 Å². The fourth-order valence-electron chi connectivity index (χ4n) is 6.76. The quantitative estimate of drug-likeness (QED) is 0.230. The molecule has 3 aliphatic heterocycles. The molecule has 3 aromatic carbocycles. The molecule has 200 valence electrons. The van der Waals surface area contributed by atoms with Gasteiger partial charge >= 0.3 is 0 Å². The Morgan fingerprint density at radius 1 is 1.02 bits per heavy atom. The van der Waals surface area contributed by atoms with Gasteiger partial charge in [0.05, 0.1) is 39.0 Å². The number of imide groups is 1. The lowest BCUT2D eigenvalue weighted by Crippen LogP contribution is -2.51. The van der Waals surface area contributed by atoms with Gasteiger partial charge in [0.1, 0.15) is 16.4 Å². The van der Waals surface area contributed by atoms with E-state index in [-0.39, 0.29) is 22.2 Å². The second-order valence-corrected chi connectivity index (χ2v) is 11.1. The van der Waals surface area contributed by atoms with E-state index in [9.17, 15) is 24.5 Å². The van der Waals surface area contributed by atoms with E-state index in [2.05, 4.69) is 5.32 Å². The number of nitrogens with one attached hydrogen (secondary N) is 1. The van der Waals surface area contributed by atoms with E-state index in [0.29, 0.717) is 28.0 Å². The molecular weight excluding hydrogens is 534 g/mol. The lowest BCUT2D eigenvalue weighted by Gasteiger charge is -2.32. The van der Waals surface area contributed by atoms with E-state index >= 15 is 0 Å². The molecule has 4 atom stereocenters. The first-order valence-corrected chi connectivity index (χ1v) is 13.3. The van der Waals surface area contributed by atoms with Gasteiger partial charge in [-0.2, -0.15) is 0 Å². The van der Waals surface area contributed by atoms with Crippen molar-refractivity contribution in [2.75, 3.05) is 4.90 Å². The van der Waals surface area contributed by atoms with Crippen LogP contribution in [0, 0.1) is 27.9 Å². The summed E-state index contributed by atoms with van der Waals surface area (Å²) < 4.78 is 1.54. The molecule has 11 heteroatoms. The number of anilines is 1. The zero-order valence-corrected chi connectivity index (χ0v) is 22.1. The Hall–Kier alpha value is -4.41. The van der Waals surface area contributed by atoms with Crippen LogP contribution in [-0.4, -0.2) is 32.3 Å². The largest absolute Gasteiger partial charge is 0.296 e. The van der Waals surface area contributed by atoms with Gasteiger partial charge < -0.3 is 0 Å². The number of nitro groups is 1. The third kappa shape index (κ3) is 2.97. The monoisotopic (exact) mass is 555 g/mol. The Labute approximate surface area is 232 Å². The van der Waals surface area contributed by atoms with E-state index in [1.165, 1.54) is 16.7 Å². The van der Waals surface area contributed by atoms with Crippen LogP contribution in [0.4, 0.5) is 11.4 Å². The van der Waals surface area contributed by atoms with Gasteiger partial charge in [0.15, 0.2) is 0 Å². The molecule has 10 nitrogen and oxygen atoms in total. The summed E-state index contributed by atoms with van der Waals surface area (Å²) in [6, 6.07) is 17.8. The number of nitrogens with zero attached hydrogens (tertiary/aromatic N) is 4. The molecule has 2 amide bonds. The second-order valence-electron chi connectivity index (χ2n) is 10.7. The molecule has 4 heterocycles. The lowest BCUT2D eigenvalue weighted by molar-refractivity contribution is -0.384. The van der Waals surface area contributed by atoms with Crippen molar-refractivity contribution in [2.45, 2.75) is 25.4 Å². The Bertz CT molecular complexity index is 1870. The Balaban J connectivity index is 1.51. The van der Waals surface area contributed by atoms with Gasteiger partial charge in [-0.05, 0) is 36.2 Å². The molecule has 2 fully saturated rings. The predicted octanol–water partition coefficient (Wildman–Crippen LogP) is 3.94. The van der Waals surface area contributed by atoms with Gasteiger partial charge in [0, 0.05) is 17.7 Å². The van der Waals surface area contributed by atoms with E-state index in [1.807, 2.05) is 38.1 Å². The number of rotatable bonds is 3. The highest BCUT2D eigenvalue weighted by Gasteiger charge is 2.70. The molecule has 3 aliphatic rings. The van der Waals surface area contributed by atoms with Crippen LogP contribution in [0.25, 0.3) is 16.6 Å². The van der Waals surface area contributed by atoms with Crippen molar-refractivity contribution in [3.05, 3.63) is 104 Å². The topological polar surface area (TPSA) is 127 Å². The summed E-state index contributed by atoms with van der Waals surface area (Å²) in [5.41, 5.74) is -0.110. The SMILES string of the molecule is CC(C)C1NC2(c3ccccc3-n3c2nc2ccccc2c3=O)C2C(=O)N(c3ccc(Cl)c([N+](=O)[O-])c3)C(=O)C12. The maximum absolute atomic E-state index is 14.4. The Kier molecular flexibility index (Phi) is 5.11. The minimum absolute atomic E-state index is 0.0727. The van der Waals surface area contributed by atoms with Crippen molar-refractivity contribution in [1.82, 2.24) is 14.9 Å². The summed E-state index contributed by atoms with van der Waals surface area (Å²) in [5.74, 6) is -2.46. The summed E-state index contributed by atoms with van der Waals surface area (Å²) in [5, 5.41) is 15.6. The number of fused-ring (bicyclic) bond motifs is 8. The average molecular weight is 556 g/mol. The zero-order valence-electron chi connectivity index (χ0n) is 21.4. The number of para-hydroxylation sites is 2. The molecule has 4 unspecified atom stereocenters. The van der Waals surface area contributed by atoms with Gasteiger partial charge in [-0.25, -0.2) is 9.88 Å². The third-order valence-electron chi connectivity index (χ3n) is 8.40. The number of hydrogen-bond acceptors (Lipinski definition) is 7. The van der Waals surface area contributed by atoms with Crippen LogP contribution in [0.5, 0.6) is 0 Å². The van der Waals surface area contributed by atoms with E-state index < -0.39 is 45.8 Å². The van der Waals surface area contributed by atoms with Crippen LogP contribution >= 0.6 is 11.6 Å². The Morgan fingerprint density at radius 3 is 2.50 bits per heavy atom. The normalized spacial score (nSPS) is 24.7. The minimum atomic E-state index is -1.28. The van der Waals surface area contributed by atoms with Gasteiger partial charge in [0.25, 0.3) is 11.2 Å². The number of carbonyl (C=O) groups is 2. The van der Waals surface area contributed by atoms with Crippen LogP contribution in [0.2, 0.25) is 5.02 Å². The minimum Gasteiger partial charge on any atom is -0.296 e. The molecule has 2 saturated heterocycles. The number of halogens is 1. The highest BCUT2D eigenvalue weighted by molar-refractivity contribution is 6.33.